The van der Waals surface area contributed by atoms with Crippen molar-refractivity contribution in [3.8, 4) is 28.4 Å². The van der Waals surface area contributed by atoms with Gasteiger partial charge in [-0.1, -0.05) is 165 Å². The van der Waals surface area contributed by atoms with Crippen LogP contribution in [0.2, 0.25) is 0 Å². The minimum Gasteiger partial charge on any atom is -0.457 e. The van der Waals surface area contributed by atoms with Crippen LogP contribution in [0.5, 0.6) is 11.5 Å². The van der Waals surface area contributed by atoms with Gasteiger partial charge >= 0.3 is 0 Å². The van der Waals surface area contributed by atoms with Gasteiger partial charge in [0.2, 0.25) is 0 Å². The summed E-state index contributed by atoms with van der Waals surface area (Å²) in [5.41, 5.74) is 16.3. The molecule has 11 rings (SSSR count). The Balaban J connectivity index is 1.13. The van der Waals surface area contributed by atoms with Crippen LogP contribution in [-0.2, 0) is 27.1 Å². The highest BCUT2D eigenvalue weighted by Gasteiger charge is 2.64. The number of nitrogens with zero attached hydrogens (tertiary/aromatic N) is 4. The zero-order valence-electron chi connectivity index (χ0n) is 43.3. The van der Waals surface area contributed by atoms with E-state index in [0.717, 1.165) is 35.0 Å². The molecule has 5 nitrogen and oxygen atoms in total. The van der Waals surface area contributed by atoms with Crippen LogP contribution in [0.25, 0.3) is 38.8 Å². The highest BCUT2D eigenvalue weighted by atomic mass is 16.5. The Labute approximate surface area is 406 Å². The van der Waals surface area contributed by atoms with Crippen LogP contribution in [0.3, 0.4) is 0 Å². The van der Waals surface area contributed by atoms with E-state index in [-0.39, 0.29) is 27.1 Å². The van der Waals surface area contributed by atoms with Gasteiger partial charge in [0, 0.05) is 52.9 Å². The van der Waals surface area contributed by atoms with Crippen molar-refractivity contribution in [1.29, 1.82) is 0 Å². The standard InChI is InChI=1S/C63H71N4O/c1-59(2,3)42-22-18-21-41(31-42)50-26-20-28-55-58(50)67(47-33-44(61(7,8)9)32-45(34-47)62(10,11)12)39-66(55,40-67)46-23-19-24-48(36-46)68-49-37-52(63(13,14)15)57-51-25-16-17-27-53(51)65(54(57)38-49)56-35-43(29-30-64-56)60(4,5)6/h16-39H,40H2,1-15H3/q+1/t66-,67+/m1/s1. The Kier molecular flexibility index (Phi) is 10.3. The molecule has 2 atom stereocenters. The molecular formula is C63H71N4O+. The van der Waals surface area contributed by atoms with Crippen molar-refractivity contribution in [3.63, 3.8) is 0 Å². The van der Waals surface area contributed by atoms with Gasteiger partial charge in [-0.05, 0) is 103 Å². The third kappa shape index (κ3) is 7.49. The number of benzene rings is 6. The normalized spacial score (nSPS) is 18.5. The average molecular weight is 900 g/mol. The molecule has 0 unspecified atom stereocenters. The van der Waals surface area contributed by atoms with Crippen molar-refractivity contribution >= 4 is 44.6 Å². The first-order chi connectivity index (χ1) is 31.8. The lowest BCUT2D eigenvalue weighted by molar-refractivity contribution is 0.187. The number of pyridine rings is 1. The van der Waals surface area contributed by atoms with Crippen molar-refractivity contribution in [2.24, 2.45) is 0 Å². The summed E-state index contributed by atoms with van der Waals surface area (Å²) >= 11 is 0. The minimum absolute atomic E-state index is 0.0167. The first-order valence-corrected chi connectivity index (χ1v) is 24.7. The van der Waals surface area contributed by atoms with Gasteiger partial charge in [-0.25, -0.2) is 4.98 Å². The fourth-order valence-corrected chi connectivity index (χ4v) is 10.8. The SMILES string of the molecule is CC(C)(C)c1cccc(-c2cccc3c2[N@@+]2(c4cc(C(C)(C)C)cc(C(C)(C)C)c4)[CH-][N@+]3(c3cccc(Oc4cc(C(C)(C)C)c5c6ccccc6n(-c6cc(C(C)(C)C)ccn6)c5c4)c3)C2)c1. The smallest absolute Gasteiger partial charge is 0.188 e. The summed E-state index contributed by atoms with van der Waals surface area (Å²) < 4.78 is 10.8. The largest absolute Gasteiger partial charge is 0.457 e. The molecule has 6 aromatic carbocycles. The lowest BCUT2D eigenvalue weighted by Crippen LogP contribution is -2.67. The summed E-state index contributed by atoms with van der Waals surface area (Å²) in [6.07, 6.45) is 1.95. The zero-order valence-corrected chi connectivity index (χ0v) is 43.3. The van der Waals surface area contributed by atoms with Crippen LogP contribution in [0.4, 0.5) is 22.7 Å². The molecule has 3 aliphatic heterocycles. The lowest BCUT2D eigenvalue weighted by atomic mass is 9.80. The summed E-state index contributed by atoms with van der Waals surface area (Å²) in [6, 6.07) is 50.2. The Hall–Kier alpha value is -6.01. The first kappa shape index (κ1) is 45.8. The molecule has 2 bridgehead atoms. The number of hydrogen-bond acceptors (Lipinski definition) is 2. The van der Waals surface area contributed by atoms with E-state index in [1.165, 1.54) is 72.5 Å². The topological polar surface area (TPSA) is 27.1 Å². The van der Waals surface area contributed by atoms with Crippen LogP contribution in [0, 0.1) is 6.67 Å². The van der Waals surface area contributed by atoms with Gasteiger partial charge in [0.15, 0.2) is 18.0 Å². The molecule has 0 amide bonds. The summed E-state index contributed by atoms with van der Waals surface area (Å²) in [6.45, 7) is 38.1. The molecule has 5 heteroatoms. The fourth-order valence-electron chi connectivity index (χ4n) is 10.8. The lowest BCUT2D eigenvalue weighted by Gasteiger charge is -2.56. The molecule has 5 heterocycles. The molecule has 0 spiro atoms. The van der Waals surface area contributed by atoms with E-state index in [2.05, 4.69) is 249 Å². The van der Waals surface area contributed by atoms with Crippen LogP contribution in [-0.4, -0.2) is 16.2 Å². The fraction of sp³-hybridized carbons (Fsp3) is 0.333. The maximum atomic E-state index is 7.13. The second-order valence-electron chi connectivity index (χ2n) is 25.0. The number of ether oxygens (including phenoxy) is 1. The minimum atomic E-state index is -0.165. The summed E-state index contributed by atoms with van der Waals surface area (Å²) in [4.78, 5) is 5.00. The summed E-state index contributed by atoms with van der Waals surface area (Å²) in [5, 5.41) is 2.46. The van der Waals surface area contributed by atoms with Gasteiger partial charge in [-0.15, -0.1) is 0 Å². The van der Waals surface area contributed by atoms with E-state index in [1.807, 2.05) is 6.20 Å². The van der Waals surface area contributed by atoms with E-state index in [0.29, 0.717) is 8.97 Å². The van der Waals surface area contributed by atoms with Gasteiger partial charge in [0.1, 0.15) is 28.7 Å². The van der Waals surface area contributed by atoms with Crippen molar-refractivity contribution in [3.05, 3.63) is 174 Å². The maximum Gasteiger partial charge on any atom is 0.188 e. The second kappa shape index (κ2) is 15.2. The molecule has 0 saturated carbocycles. The third-order valence-electron chi connectivity index (χ3n) is 14.7. The Morgan fingerprint density at radius 3 is 1.79 bits per heavy atom. The van der Waals surface area contributed by atoms with Gasteiger partial charge < -0.3 is 4.74 Å². The molecule has 0 aliphatic carbocycles. The quantitative estimate of drug-likeness (QED) is 0.123. The van der Waals surface area contributed by atoms with Crippen molar-refractivity contribution in [1.82, 2.24) is 18.5 Å². The number of aromatic nitrogens is 2. The van der Waals surface area contributed by atoms with Gasteiger partial charge in [-0.3, -0.25) is 13.5 Å². The Bertz CT molecular complexity index is 3260. The zero-order chi connectivity index (χ0) is 48.6. The molecule has 2 aromatic heterocycles. The van der Waals surface area contributed by atoms with E-state index < -0.39 is 0 Å². The van der Waals surface area contributed by atoms with E-state index in [4.69, 9.17) is 9.72 Å². The molecule has 0 N–H and O–H groups in total. The number of quaternary nitrogens is 2. The predicted molar refractivity (Wildman–Crippen MR) is 289 cm³/mol. The van der Waals surface area contributed by atoms with Crippen LogP contribution in [0.15, 0.2) is 140 Å². The van der Waals surface area contributed by atoms with Gasteiger partial charge in [0.05, 0.1) is 17.7 Å². The van der Waals surface area contributed by atoms with Crippen LogP contribution < -0.4 is 13.7 Å². The highest BCUT2D eigenvalue weighted by molar-refractivity contribution is 6.11. The molecule has 1 saturated heterocycles. The highest BCUT2D eigenvalue weighted by Crippen LogP contribution is 2.68. The molecular weight excluding hydrogens is 829 g/mol. The Morgan fingerprint density at radius 2 is 1.13 bits per heavy atom. The predicted octanol–water partition coefficient (Wildman–Crippen LogP) is 17.5. The first-order valence-electron chi connectivity index (χ1n) is 24.7. The molecule has 3 aliphatic rings. The average Bonchev–Trinajstić information content (AvgIpc) is 3.86. The molecule has 68 heavy (non-hydrogen) atoms. The van der Waals surface area contributed by atoms with Crippen molar-refractivity contribution in [2.45, 2.75) is 131 Å². The molecule has 1 fully saturated rings. The van der Waals surface area contributed by atoms with Crippen LogP contribution in [0.1, 0.15) is 132 Å². The number of rotatable bonds is 6. The summed E-state index contributed by atoms with van der Waals surface area (Å²) in [7, 11) is 0. The van der Waals surface area contributed by atoms with E-state index >= 15 is 0 Å². The second-order valence-corrected chi connectivity index (χ2v) is 25.0. The number of hydrogen-bond donors (Lipinski definition) is 0. The molecule has 0 radical (unpaired) electrons. The van der Waals surface area contributed by atoms with Crippen molar-refractivity contribution in [2.75, 3.05) is 6.67 Å². The number of fused-ring (bicyclic) bond motifs is 3. The van der Waals surface area contributed by atoms with Gasteiger partial charge in [0.25, 0.3) is 0 Å². The van der Waals surface area contributed by atoms with E-state index in [9.17, 15) is 0 Å². The maximum absolute atomic E-state index is 7.13. The van der Waals surface area contributed by atoms with E-state index in [1.54, 1.807) is 0 Å². The Morgan fingerprint density at radius 1 is 0.500 bits per heavy atom. The van der Waals surface area contributed by atoms with Crippen LogP contribution >= 0.6 is 0 Å². The molecule has 8 aromatic rings. The third-order valence-corrected chi connectivity index (χ3v) is 14.7. The number of para-hydroxylation sites is 2. The van der Waals surface area contributed by atoms with Gasteiger partial charge in [-0.2, -0.15) is 0 Å². The monoisotopic (exact) mass is 900 g/mol. The van der Waals surface area contributed by atoms with Crippen molar-refractivity contribution < 1.29 is 4.74 Å². The molecule has 348 valence electrons. The summed E-state index contributed by atoms with van der Waals surface area (Å²) in [5.74, 6) is 2.54.